The third-order valence-electron chi connectivity index (χ3n) is 3.16. The number of thiocarbonyl (C=S) groups is 1. The Morgan fingerprint density at radius 1 is 1.48 bits per heavy atom. The highest BCUT2D eigenvalue weighted by Crippen LogP contribution is 2.21. The Kier molecular flexibility index (Phi) is 6.23. The summed E-state index contributed by atoms with van der Waals surface area (Å²) in [6, 6.07) is 5.25. The van der Waals surface area contributed by atoms with E-state index in [1.54, 1.807) is 18.2 Å². The third kappa shape index (κ3) is 5.11. The van der Waals surface area contributed by atoms with Crippen molar-refractivity contribution >= 4 is 46.2 Å². The Labute approximate surface area is 139 Å². The molecule has 1 aromatic carbocycles. The highest BCUT2D eigenvalue weighted by Gasteiger charge is 2.15. The van der Waals surface area contributed by atoms with Crippen molar-refractivity contribution in [1.82, 2.24) is 10.7 Å². The van der Waals surface area contributed by atoms with Crippen LogP contribution in [0, 0.1) is 0 Å². The van der Waals surface area contributed by atoms with Crippen LogP contribution in [0.2, 0.25) is 10.0 Å². The van der Waals surface area contributed by atoms with E-state index in [4.69, 9.17) is 40.2 Å². The smallest absolute Gasteiger partial charge is 0.187 e. The minimum absolute atomic E-state index is 0.234. The first-order chi connectivity index (χ1) is 10.1. The molecule has 2 N–H and O–H groups in total. The molecule has 0 aliphatic carbocycles. The summed E-state index contributed by atoms with van der Waals surface area (Å²) in [5.41, 5.74) is 4.29. The van der Waals surface area contributed by atoms with Gasteiger partial charge < -0.3 is 10.1 Å². The Balaban J connectivity index is 1.87. The van der Waals surface area contributed by atoms with Gasteiger partial charge in [0, 0.05) is 28.8 Å². The summed E-state index contributed by atoms with van der Waals surface area (Å²) >= 11 is 17.3. The monoisotopic (exact) mass is 345 g/mol. The topological polar surface area (TPSA) is 45.7 Å². The van der Waals surface area contributed by atoms with Crippen LogP contribution in [0.5, 0.6) is 0 Å². The summed E-state index contributed by atoms with van der Waals surface area (Å²) < 4.78 is 5.51. The van der Waals surface area contributed by atoms with Gasteiger partial charge in [-0.05, 0) is 50.2 Å². The molecule has 2 rings (SSSR count). The van der Waals surface area contributed by atoms with Crippen LogP contribution in [0.25, 0.3) is 0 Å². The zero-order chi connectivity index (χ0) is 15.2. The highest BCUT2D eigenvalue weighted by molar-refractivity contribution is 7.80. The zero-order valence-corrected chi connectivity index (χ0v) is 14.0. The molecule has 0 unspecified atom stereocenters. The summed E-state index contributed by atoms with van der Waals surface area (Å²) in [5.74, 6) is 0. The van der Waals surface area contributed by atoms with Crippen LogP contribution in [0.3, 0.4) is 0 Å². The molecule has 1 atom stereocenters. The quantitative estimate of drug-likeness (QED) is 0.499. The number of benzene rings is 1. The van der Waals surface area contributed by atoms with Gasteiger partial charge in [-0.25, -0.2) is 0 Å². The Morgan fingerprint density at radius 3 is 3.00 bits per heavy atom. The van der Waals surface area contributed by atoms with Crippen molar-refractivity contribution in [1.29, 1.82) is 0 Å². The van der Waals surface area contributed by atoms with E-state index in [2.05, 4.69) is 15.8 Å². The van der Waals surface area contributed by atoms with E-state index in [1.165, 1.54) is 0 Å². The van der Waals surface area contributed by atoms with E-state index >= 15 is 0 Å². The van der Waals surface area contributed by atoms with E-state index in [1.807, 2.05) is 6.92 Å². The Hall–Kier alpha value is -0.880. The van der Waals surface area contributed by atoms with E-state index in [0.29, 0.717) is 27.4 Å². The molecule has 0 radical (unpaired) electrons. The second-order valence-electron chi connectivity index (χ2n) is 4.78. The molecule has 1 heterocycles. The third-order valence-corrected chi connectivity index (χ3v) is 3.96. The maximum atomic E-state index is 6.12. The van der Waals surface area contributed by atoms with Gasteiger partial charge in [-0.3, -0.25) is 5.43 Å². The van der Waals surface area contributed by atoms with Crippen molar-refractivity contribution in [3.8, 4) is 0 Å². The normalized spacial score (nSPS) is 18.6. The molecule has 114 valence electrons. The van der Waals surface area contributed by atoms with Crippen molar-refractivity contribution in [2.24, 2.45) is 5.10 Å². The van der Waals surface area contributed by atoms with Crippen molar-refractivity contribution in [3.63, 3.8) is 0 Å². The first-order valence-electron chi connectivity index (χ1n) is 6.71. The van der Waals surface area contributed by atoms with Gasteiger partial charge in [-0.1, -0.05) is 23.2 Å². The molecule has 0 amide bonds. The standard InChI is InChI=1S/C14H17Cl2N3OS/c1-9(12-7-10(15)4-5-13(12)16)18-19-14(21)17-8-11-3-2-6-20-11/h4-5,7,11H,2-3,6,8H2,1H3,(H2,17,19,21)/b18-9-/t11-/m1/s1. The summed E-state index contributed by atoms with van der Waals surface area (Å²) in [6.45, 7) is 3.36. The molecule has 7 heteroatoms. The molecule has 1 aliphatic rings. The van der Waals surface area contributed by atoms with Crippen LogP contribution < -0.4 is 10.7 Å². The largest absolute Gasteiger partial charge is 0.376 e. The lowest BCUT2D eigenvalue weighted by atomic mass is 10.1. The number of hydrogen-bond donors (Lipinski definition) is 2. The van der Waals surface area contributed by atoms with Crippen molar-refractivity contribution in [2.75, 3.05) is 13.2 Å². The number of rotatable bonds is 4. The Bertz CT molecular complexity index is 545. The van der Waals surface area contributed by atoms with E-state index in [-0.39, 0.29) is 6.10 Å². The number of halogens is 2. The lowest BCUT2D eigenvalue weighted by Crippen LogP contribution is -2.37. The average molecular weight is 346 g/mol. The van der Waals surface area contributed by atoms with E-state index in [9.17, 15) is 0 Å². The highest BCUT2D eigenvalue weighted by atomic mass is 35.5. The number of nitrogens with one attached hydrogen (secondary N) is 2. The van der Waals surface area contributed by atoms with Gasteiger partial charge >= 0.3 is 0 Å². The first kappa shape index (κ1) is 16.5. The van der Waals surface area contributed by atoms with Crippen molar-refractivity contribution in [2.45, 2.75) is 25.9 Å². The van der Waals surface area contributed by atoms with Gasteiger partial charge in [0.1, 0.15) is 0 Å². The van der Waals surface area contributed by atoms with Gasteiger partial charge in [0.25, 0.3) is 0 Å². The molecule has 0 aromatic heterocycles. The minimum Gasteiger partial charge on any atom is -0.376 e. The van der Waals surface area contributed by atoms with E-state index in [0.717, 1.165) is 25.0 Å². The predicted octanol–water partition coefficient (Wildman–Crippen LogP) is 3.36. The number of hydrazone groups is 1. The molecule has 21 heavy (non-hydrogen) atoms. The second-order valence-corrected chi connectivity index (χ2v) is 6.03. The molecule has 1 aromatic rings. The first-order valence-corrected chi connectivity index (χ1v) is 7.88. The molecule has 1 saturated heterocycles. The van der Waals surface area contributed by atoms with Gasteiger partial charge in [-0.2, -0.15) is 5.10 Å². The second kappa shape index (κ2) is 7.94. The molecular formula is C14H17Cl2N3OS. The molecular weight excluding hydrogens is 329 g/mol. The maximum Gasteiger partial charge on any atom is 0.187 e. The summed E-state index contributed by atoms with van der Waals surface area (Å²) in [5, 5.41) is 8.98. The number of ether oxygens (including phenoxy) is 1. The maximum absolute atomic E-state index is 6.12. The summed E-state index contributed by atoms with van der Waals surface area (Å²) in [4.78, 5) is 0. The lowest BCUT2D eigenvalue weighted by molar-refractivity contribution is 0.114. The fourth-order valence-corrected chi connectivity index (χ4v) is 2.58. The molecule has 0 bridgehead atoms. The molecule has 4 nitrogen and oxygen atoms in total. The van der Waals surface area contributed by atoms with Crippen LogP contribution in [0.4, 0.5) is 0 Å². The summed E-state index contributed by atoms with van der Waals surface area (Å²) in [6.07, 6.45) is 2.41. The molecule has 1 fully saturated rings. The number of nitrogens with zero attached hydrogens (tertiary/aromatic N) is 1. The van der Waals surface area contributed by atoms with Crippen molar-refractivity contribution in [3.05, 3.63) is 33.8 Å². The minimum atomic E-state index is 0.234. The SMILES string of the molecule is C/C(=N/NC(=S)NC[C@H]1CCCO1)c1cc(Cl)ccc1Cl. The van der Waals surface area contributed by atoms with Crippen LogP contribution in [0.1, 0.15) is 25.3 Å². The van der Waals surface area contributed by atoms with Crippen LogP contribution in [0.15, 0.2) is 23.3 Å². The zero-order valence-electron chi connectivity index (χ0n) is 11.7. The van der Waals surface area contributed by atoms with Gasteiger partial charge in [0.15, 0.2) is 5.11 Å². The lowest BCUT2D eigenvalue weighted by Gasteiger charge is -2.12. The Morgan fingerprint density at radius 2 is 2.29 bits per heavy atom. The molecule has 0 spiro atoms. The van der Waals surface area contributed by atoms with Crippen molar-refractivity contribution < 1.29 is 4.74 Å². The summed E-state index contributed by atoms with van der Waals surface area (Å²) in [7, 11) is 0. The molecule has 0 saturated carbocycles. The molecule has 1 aliphatic heterocycles. The van der Waals surface area contributed by atoms with Gasteiger partial charge in [0.05, 0.1) is 11.8 Å². The van der Waals surface area contributed by atoms with Gasteiger partial charge in [-0.15, -0.1) is 0 Å². The van der Waals surface area contributed by atoms with Crippen LogP contribution in [-0.2, 0) is 4.74 Å². The van der Waals surface area contributed by atoms with E-state index < -0.39 is 0 Å². The number of hydrogen-bond acceptors (Lipinski definition) is 3. The average Bonchev–Trinajstić information content (AvgIpc) is 2.98. The fraction of sp³-hybridized carbons (Fsp3) is 0.429. The van der Waals surface area contributed by atoms with Crippen LogP contribution in [-0.4, -0.2) is 30.1 Å². The van der Waals surface area contributed by atoms with Gasteiger partial charge in [0.2, 0.25) is 0 Å². The fourth-order valence-electron chi connectivity index (χ4n) is 2.02. The van der Waals surface area contributed by atoms with Crippen LogP contribution >= 0.6 is 35.4 Å². The predicted molar refractivity (Wildman–Crippen MR) is 91.4 cm³/mol.